The van der Waals surface area contributed by atoms with Crippen LogP contribution in [0.2, 0.25) is 0 Å². The number of halogens is 2. The van der Waals surface area contributed by atoms with Crippen molar-refractivity contribution in [3.63, 3.8) is 0 Å². The number of hydrogen-bond donors (Lipinski definition) is 2. The molecule has 1 aromatic carbocycles. The molecule has 0 aliphatic heterocycles. The minimum absolute atomic E-state index is 0.167. The summed E-state index contributed by atoms with van der Waals surface area (Å²) in [5.74, 6) is 0. The SMILES string of the molecule is C[C@@H](N)c1ccccc1N(CCO)CC(F)F. The van der Waals surface area contributed by atoms with Crippen LogP contribution in [0.5, 0.6) is 0 Å². The van der Waals surface area contributed by atoms with E-state index in [0.29, 0.717) is 5.69 Å². The van der Waals surface area contributed by atoms with Crippen LogP contribution in [0.4, 0.5) is 14.5 Å². The molecule has 3 N–H and O–H groups in total. The highest BCUT2D eigenvalue weighted by molar-refractivity contribution is 5.55. The van der Waals surface area contributed by atoms with Crippen molar-refractivity contribution in [3.05, 3.63) is 29.8 Å². The van der Waals surface area contributed by atoms with Gasteiger partial charge in [-0.05, 0) is 18.6 Å². The van der Waals surface area contributed by atoms with Crippen LogP contribution in [0.15, 0.2) is 24.3 Å². The summed E-state index contributed by atoms with van der Waals surface area (Å²) >= 11 is 0. The molecule has 0 saturated carbocycles. The molecule has 1 rings (SSSR count). The van der Waals surface area contributed by atoms with Gasteiger partial charge in [0.05, 0.1) is 13.2 Å². The van der Waals surface area contributed by atoms with Gasteiger partial charge in [-0.2, -0.15) is 0 Å². The Labute approximate surface area is 99.8 Å². The third-order valence-corrected chi connectivity index (χ3v) is 2.50. The second kappa shape index (κ2) is 6.51. The van der Waals surface area contributed by atoms with Gasteiger partial charge in [0.1, 0.15) is 0 Å². The van der Waals surface area contributed by atoms with Crippen LogP contribution >= 0.6 is 0 Å². The van der Waals surface area contributed by atoms with E-state index in [1.807, 2.05) is 12.1 Å². The molecule has 0 fully saturated rings. The quantitative estimate of drug-likeness (QED) is 0.801. The summed E-state index contributed by atoms with van der Waals surface area (Å²) in [6.45, 7) is 1.41. The highest BCUT2D eigenvalue weighted by atomic mass is 19.3. The normalized spacial score (nSPS) is 12.8. The molecule has 0 bridgehead atoms. The average molecular weight is 244 g/mol. The molecule has 0 aliphatic rings. The second-order valence-corrected chi connectivity index (χ2v) is 3.91. The summed E-state index contributed by atoms with van der Waals surface area (Å²) in [7, 11) is 0. The van der Waals surface area contributed by atoms with Crippen LogP contribution in [0.3, 0.4) is 0 Å². The molecule has 0 amide bonds. The molecule has 0 saturated heterocycles. The summed E-state index contributed by atoms with van der Waals surface area (Å²) in [6, 6.07) is 6.93. The Hall–Kier alpha value is -1.20. The minimum Gasteiger partial charge on any atom is -0.395 e. The summed E-state index contributed by atoms with van der Waals surface area (Å²) < 4.78 is 24.9. The zero-order valence-corrected chi connectivity index (χ0v) is 9.81. The largest absolute Gasteiger partial charge is 0.395 e. The lowest BCUT2D eigenvalue weighted by molar-refractivity contribution is 0.152. The summed E-state index contributed by atoms with van der Waals surface area (Å²) in [6.07, 6.45) is -2.44. The zero-order chi connectivity index (χ0) is 12.8. The van der Waals surface area contributed by atoms with E-state index in [1.54, 1.807) is 19.1 Å². The lowest BCUT2D eigenvalue weighted by atomic mass is 10.1. The molecule has 1 atom stereocenters. The monoisotopic (exact) mass is 244 g/mol. The van der Waals surface area contributed by atoms with Crippen LogP contribution in [-0.2, 0) is 0 Å². The number of benzene rings is 1. The van der Waals surface area contributed by atoms with Crippen molar-refractivity contribution >= 4 is 5.69 Å². The maximum Gasteiger partial charge on any atom is 0.255 e. The molecule has 0 unspecified atom stereocenters. The van der Waals surface area contributed by atoms with Crippen molar-refractivity contribution in [1.29, 1.82) is 0 Å². The van der Waals surface area contributed by atoms with E-state index in [0.717, 1.165) is 5.56 Å². The van der Waals surface area contributed by atoms with Crippen LogP contribution in [0.1, 0.15) is 18.5 Å². The molecule has 0 aromatic heterocycles. The molecule has 0 radical (unpaired) electrons. The summed E-state index contributed by atoms with van der Waals surface area (Å²) in [5.41, 5.74) is 7.27. The minimum atomic E-state index is -2.44. The average Bonchev–Trinajstić information content (AvgIpc) is 2.28. The number of anilines is 1. The van der Waals surface area contributed by atoms with Gasteiger partial charge in [0.15, 0.2) is 0 Å². The van der Waals surface area contributed by atoms with Gasteiger partial charge in [-0.1, -0.05) is 18.2 Å². The van der Waals surface area contributed by atoms with Crippen molar-refractivity contribution in [2.24, 2.45) is 5.73 Å². The van der Waals surface area contributed by atoms with Crippen molar-refractivity contribution in [3.8, 4) is 0 Å². The van der Waals surface area contributed by atoms with Gasteiger partial charge < -0.3 is 15.7 Å². The summed E-state index contributed by atoms with van der Waals surface area (Å²) in [5, 5.41) is 8.92. The van der Waals surface area contributed by atoms with Gasteiger partial charge in [0, 0.05) is 18.3 Å². The molecular weight excluding hydrogens is 226 g/mol. The van der Waals surface area contributed by atoms with Crippen LogP contribution in [0.25, 0.3) is 0 Å². The van der Waals surface area contributed by atoms with E-state index >= 15 is 0 Å². The first-order valence-electron chi connectivity index (χ1n) is 5.54. The molecule has 5 heteroatoms. The first-order valence-corrected chi connectivity index (χ1v) is 5.54. The third-order valence-electron chi connectivity index (χ3n) is 2.50. The number of para-hydroxylation sites is 1. The highest BCUT2D eigenvalue weighted by Gasteiger charge is 2.16. The van der Waals surface area contributed by atoms with Crippen LogP contribution < -0.4 is 10.6 Å². The Morgan fingerprint density at radius 1 is 1.35 bits per heavy atom. The molecule has 0 aliphatic carbocycles. The first-order chi connectivity index (χ1) is 8.06. The molecule has 0 heterocycles. The molecule has 96 valence electrons. The number of aliphatic hydroxyl groups excluding tert-OH is 1. The fourth-order valence-electron chi connectivity index (χ4n) is 1.76. The Morgan fingerprint density at radius 2 is 2.00 bits per heavy atom. The smallest absolute Gasteiger partial charge is 0.255 e. The number of nitrogens with zero attached hydrogens (tertiary/aromatic N) is 1. The molecule has 3 nitrogen and oxygen atoms in total. The Morgan fingerprint density at radius 3 is 2.53 bits per heavy atom. The maximum absolute atomic E-state index is 12.5. The van der Waals surface area contributed by atoms with E-state index in [2.05, 4.69) is 0 Å². The standard InChI is InChI=1S/C12H18F2N2O/c1-9(15)10-4-2-3-5-11(10)16(6-7-17)8-12(13)14/h2-5,9,12,17H,6-8,15H2,1H3/t9-/m1/s1. The number of nitrogens with two attached hydrogens (primary N) is 1. The first kappa shape index (κ1) is 13.9. The van der Waals surface area contributed by atoms with Crippen molar-refractivity contribution in [1.82, 2.24) is 0 Å². The maximum atomic E-state index is 12.5. The fraction of sp³-hybridized carbons (Fsp3) is 0.500. The topological polar surface area (TPSA) is 49.5 Å². The van der Waals surface area contributed by atoms with Crippen molar-refractivity contribution < 1.29 is 13.9 Å². The van der Waals surface area contributed by atoms with Gasteiger partial charge in [-0.15, -0.1) is 0 Å². The summed E-state index contributed by atoms with van der Waals surface area (Å²) in [4.78, 5) is 1.46. The molecular formula is C12H18F2N2O. The lowest BCUT2D eigenvalue weighted by Crippen LogP contribution is -2.32. The predicted molar refractivity (Wildman–Crippen MR) is 64.3 cm³/mol. The third kappa shape index (κ3) is 3.94. The van der Waals surface area contributed by atoms with Crippen molar-refractivity contribution in [2.45, 2.75) is 19.4 Å². The Bertz CT molecular complexity index is 345. The Kier molecular flexibility index (Phi) is 5.31. The second-order valence-electron chi connectivity index (χ2n) is 3.91. The molecule has 1 aromatic rings. The predicted octanol–water partition coefficient (Wildman–Crippen LogP) is 1.77. The zero-order valence-electron chi connectivity index (χ0n) is 9.81. The molecule has 17 heavy (non-hydrogen) atoms. The van der Waals surface area contributed by atoms with Gasteiger partial charge in [0.25, 0.3) is 6.43 Å². The van der Waals surface area contributed by atoms with E-state index in [-0.39, 0.29) is 19.2 Å². The van der Waals surface area contributed by atoms with Gasteiger partial charge in [-0.25, -0.2) is 8.78 Å². The number of rotatable bonds is 6. The number of hydrogen-bond acceptors (Lipinski definition) is 3. The van der Waals surface area contributed by atoms with E-state index in [9.17, 15) is 8.78 Å². The molecule has 0 spiro atoms. The highest BCUT2D eigenvalue weighted by Crippen LogP contribution is 2.25. The van der Waals surface area contributed by atoms with Gasteiger partial charge in [-0.3, -0.25) is 0 Å². The Balaban J connectivity index is 2.99. The van der Waals surface area contributed by atoms with E-state index in [4.69, 9.17) is 10.8 Å². The lowest BCUT2D eigenvalue weighted by Gasteiger charge is -2.27. The van der Waals surface area contributed by atoms with Crippen LogP contribution in [-0.4, -0.2) is 31.2 Å². The fourth-order valence-corrected chi connectivity index (χ4v) is 1.76. The van der Waals surface area contributed by atoms with Gasteiger partial charge in [0.2, 0.25) is 0 Å². The van der Waals surface area contributed by atoms with Gasteiger partial charge >= 0.3 is 0 Å². The van der Waals surface area contributed by atoms with E-state index in [1.165, 1.54) is 4.90 Å². The van der Waals surface area contributed by atoms with Crippen LogP contribution in [0, 0.1) is 0 Å². The number of aliphatic hydroxyl groups is 1. The van der Waals surface area contributed by atoms with Crippen molar-refractivity contribution in [2.75, 3.05) is 24.6 Å². The van der Waals surface area contributed by atoms with E-state index < -0.39 is 13.0 Å². The number of alkyl halides is 2.